The Labute approximate surface area is 198 Å². The van der Waals surface area contributed by atoms with E-state index in [1.807, 2.05) is 48.8 Å². The summed E-state index contributed by atoms with van der Waals surface area (Å²) in [5.41, 5.74) is 2.08. The smallest absolute Gasteiger partial charge is 0.194 e. The molecule has 8 nitrogen and oxygen atoms in total. The van der Waals surface area contributed by atoms with Crippen LogP contribution in [0.4, 0.5) is 0 Å². The van der Waals surface area contributed by atoms with Crippen LogP contribution in [0.3, 0.4) is 0 Å². The second kappa shape index (κ2) is 11.4. The summed E-state index contributed by atoms with van der Waals surface area (Å²) in [7, 11) is 5.47. The van der Waals surface area contributed by atoms with E-state index >= 15 is 0 Å². The molecule has 10 heteroatoms. The Kier molecular flexibility index (Phi) is 9.18. The van der Waals surface area contributed by atoms with E-state index in [0.29, 0.717) is 13.1 Å². The Morgan fingerprint density at radius 3 is 2.77 bits per heavy atom. The first kappa shape index (κ1) is 24.2. The number of imidazole rings is 1. The van der Waals surface area contributed by atoms with Gasteiger partial charge in [0, 0.05) is 51.7 Å². The van der Waals surface area contributed by atoms with Crippen LogP contribution in [0.2, 0.25) is 0 Å². The molecule has 1 atom stereocenters. The molecule has 3 rings (SSSR count). The number of ether oxygens (including phenoxy) is 1. The first-order valence-corrected chi connectivity index (χ1v) is 10.2. The SMILES string of the molecule is CN=C(NCc1ccc(-n2ccnc2C)nc1)N(C)Cc1csc(C(C)OC)n1.I. The van der Waals surface area contributed by atoms with Gasteiger partial charge in [0.15, 0.2) is 5.96 Å². The Balaban J connectivity index is 0.00000320. The molecule has 0 bridgehead atoms. The maximum absolute atomic E-state index is 5.34. The Morgan fingerprint density at radius 2 is 2.17 bits per heavy atom. The molecule has 0 spiro atoms. The number of pyridine rings is 1. The second-order valence-corrected chi connectivity index (χ2v) is 7.57. The third-order valence-electron chi connectivity index (χ3n) is 4.58. The molecule has 0 aromatic carbocycles. The monoisotopic (exact) mass is 541 g/mol. The van der Waals surface area contributed by atoms with Gasteiger partial charge in [-0.3, -0.25) is 9.56 Å². The van der Waals surface area contributed by atoms with E-state index in [9.17, 15) is 0 Å². The fourth-order valence-electron chi connectivity index (χ4n) is 2.85. The molecule has 0 amide bonds. The summed E-state index contributed by atoms with van der Waals surface area (Å²) in [5.74, 6) is 2.57. The molecule has 3 heterocycles. The minimum atomic E-state index is 0. The lowest BCUT2D eigenvalue weighted by molar-refractivity contribution is 0.119. The van der Waals surface area contributed by atoms with E-state index in [4.69, 9.17) is 4.74 Å². The van der Waals surface area contributed by atoms with Gasteiger partial charge in [-0.2, -0.15) is 0 Å². The molecular formula is C20H28IN7OS. The van der Waals surface area contributed by atoms with Gasteiger partial charge in [-0.25, -0.2) is 15.0 Å². The van der Waals surface area contributed by atoms with E-state index in [-0.39, 0.29) is 30.1 Å². The average molecular weight is 541 g/mol. The molecule has 30 heavy (non-hydrogen) atoms. The quantitative estimate of drug-likeness (QED) is 0.280. The molecule has 0 radical (unpaired) electrons. The van der Waals surface area contributed by atoms with Gasteiger partial charge in [-0.05, 0) is 25.5 Å². The van der Waals surface area contributed by atoms with Gasteiger partial charge in [0.2, 0.25) is 0 Å². The van der Waals surface area contributed by atoms with Gasteiger partial charge >= 0.3 is 0 Å². The minimum Gasteiger partial charge on any atom is -0.375 e. The molecule has 0 aliphatic rings. The molecule has 1 N–H and O–H groups in total. The molecule has 0 saturated heterocycles. The summed E-state index contributed by atoms with van der Waals surface area (Å²) >= 11 is 1.62. The minimum absolute atomic E-state index is 0. The summed E-state index contributed by atoms with van der Waals surface area (Å²) in [5, 5.41) is 6.43. The van der Waals surface area contributed by atoms with Gasteiger partial charge in [-0.15, -0.1) is 35.3 Å². The normalized spacial score (nSPS) is 12.4. The lowest BCUT2D eigenvalue weighted by atomic mass is 10.3. The van der Waals surface area contributed by atoms with Crippen LogP contribution in [-0.2, 0) is 17.8 Å². The van der Waals surface area contributed by atoms with Crippen molar-refractivity contribution in [2.24, 2.45) is 4.99 Å². The molecular weight excluding hydrogens is 513 g/mol. The molecule has 0 aliphatic heterocycles. The summed E-state index contributed by atoms with van der Waals surface area (Å²) in [6, 6.07) is 4.05. The molecule has 1 unspecified atom stereocenters. The van der Waals surface area contributed by atoms with Gasteiger partial charge in [-0.1, -0.05) is 6.07 Å². The predicted molar refractivity (Wildman–Crippen MR) is 131 cm³/mol. The van der Waals surface area contributed by atoms with E-state index in [1.165, 1.54) is 0 Å². The zero-order valence-corrected chi connectivity index (χ0v) is 21.0. The fourth-order valence-corrected chi connectivity index (χ4v) is 3.69. The van der Waals surface area contributed by atoms with Crippen LogP contribution in [0, 0.1) is 6.92 Å². The third kappa shape index (κ3) is 5.99. The molecule has 0 saturated carbocycles. The zero-order valence-electron chi connectivity index (χ0n) is 17.9. The Bertz CT molecular complexity index is 954. The topological polar surface area (TPSA) is 80.5 Å². The van der Waals surface area contributed by atoms with E-state index in [2.05, 4.69) is 36.7 Å². The molecule has 3 aromatic rings. The molecule has 0 aliphatic carbocycles. The predicted octanol–water partition coefficient (Wildman–Crippen LogP) is 3.57. The van der Waals surface area contributed by atoms with Gasteiger partial charge in [0.1, 0.15) is 22.8 Å². The average Bonchev–Trinajstić information content (AvgIpc) is 3.37. The number of hydrogen-bond acceptors (Lipinski definition) is 6. The van der Waals surface area contributed by atoms with Crippen LogP contribution in [-0.4, -0.2) is 51.6 Å². The number of nitrogens with one attached hydrogen (secondary N) is 1. The number of hydrogen-bond donors (Lipinski definition) is 1. The van der Waals surface area contributed by atoms with Gasteiger partial charge in [0.05, 0.1) is 12.2 Å². The van der Waals surface area contributed by atoms with Crippen LogP contribution >= 0.6 is 35.3 Å². The number of aliphatic imine (C=N–C) groups is 1. The van der Waals surface area contributed by atoms with Crippen LogP contribution in [0.25, 0.3) is 5.82 Å². The number of aromatic nitrogens is 4. The van der Waals surface area contributed by atoms with E-state index in [0.717, 1.165) is 33.9 Å². The van der Waals surface area contributed by atoms with E-state index < -0.39 is 0 Å². The van der Waals surface area contributed by atoms with Gasteiger partial charge in [0.25, 0.3) is 0 Å². The zero-order chi connectivity index (χ0) is 20.8. The van der Waals surface area contributed by atoms with Crippen molar-refractivity contribution in [2.75, 3.05) is 21.2 Å². The van der Waals surface area contributed by atoms with Crippen LogP contribution in [0.1, 0.15) is 35.1 Å². The highest BCUT2D eigenvalue weighted by Gasteiger charge is 2.13. The summed E-state index contributed by atoms with van der Waals surface area (Å²) in [6.45, 7) is 5.26. The maximum atomic E-state index is 5.34. The maximum Gasteiger partial charge on any atom is 0.194 e. The fraction of sp³-hybridized carbons (Fsp3) is 0.400. The highest BCUT2D eigenvalue weighted by Crippen LogP contribution is 2.21. The number of rotatable bonds is 7. The van der Waals surface area contributed by atoms with Crippen LogP contribution in [0.15, 0.2) is 41.1 Å². The van der Waals surface area contributed by atoms with Crippen molar-refractivity contribution in [1.82, 2.24) is 29.7 Å². The second-order valence-electron chi connectivity index (χ2n) is 6.68. The highest BCUT2D eigenvalue weighted by atomic mass is 127. The number of nitrogens with zero attached hydrogens (tertiary/aromatic N) is 6. The molecule has 3 aromatic heterocycles. The largest absolute Gasteiger partial charge is 0.375 e. The highest BCUT2D eigenvalue weighted by molar-refractivity contribution is 14.0. The number of thiazole rings is 1. The molecule has 0 fully saturated rings. The lowest BCUT2D eigenvalue weighted by Crippen LogP contribution is -2.38. The van der Waals surface area contributed by atoms with Crippen molar-refractivity contribution >= 4 is 41.3 Å². The van der Waals surface area contributed by atoms with Crippen molar-refractivity contribution in [1.29, 1.82) is 0 Å². The van der Waals surface area contributed by atoms with E-state index in [1.54, 1.807) is 31.7 Å². The van der Waals surface area contributed by atoms with Crippen molar-refractivity contribution < 1.29 is 4.74 Å². The van der Waals surface area contributed by atoms with Gasteiger partial charge < -0.3 is 15.0 Å². The van der Waals surface area contributed by atoms with Crippen LogP contribution in [0.5, 0.6) is 0 Å². The standard InChI is InChI=1S/C20H27N7OS.HI/c1-14(28-5)19-25-17(13-29-19)12-26(4)20(21-3)24-11-16-6-7-18(23-10-16)27-9-8-22-15(27)2;/h6-10,13-14H,11-12H2,1-5H3,(H,21,24);1H. The van der Waals surface area contributed by atoms with Crippen molar-refractivity contribution in [3.63, 3.8) is 0 Å². The lowest BCUT2D eigenvalue weighted by Gasteiger charge is -2.21. The Morgan fingerprint density at radius 1 is 1.37 bits per heavy atom. The number of halogens is 1. The number of aryl methyl sites for hydroxylation is 1. The number of guanidine groups is 1. The van der Waals surface area contributed by atoms with Crippen molar-refractivity contribution in [3.8, 4) is 5.82 Å². The van der Waals surface area contributed by atoms with Crippen molar-refractivity contribution in [2.45, 2.75) is 33.0 Å². The number of methoxy groups -OCH3 is 1. The summed E-state index contributed by atoms with van der Waals surface area (Å²) in [4.78, 5) is 19.8. The molecule has 162 valence electrons. The first-order valence-electron chi connectivity index (χ1n) is 9.36. The third-order valence-corrected chi connectivity index (χ3v) is 5.63. The Hall–Kier alpha value is -2.05. The summed E-state index contributed by atoms with van der Waals surface area (Å²) < 4.78 is 7.29. The van der Waals surface area contributed by atoms with Crippen molar-refractivity contribution in [3.05, 3.63) is 58.2 Å². The van der Waals surface area contributed by atoms with Crippen LogP contribution < -0.4 is 5.32 Å². The summed E-state index contributed by atoms with van der Waals surface area (Å²) in [6.07, 6.45) is 5.56. The first-order chi connectivity index (χ1) is 14.0.